The Labute approximate surface area is 312 Å². The third-order valence-corrected chi connectivity index (χ3v) is 11.4. The van der Waals surface area contributed by atoms with Crippen LogP contribution in [0.2, 0.25) is 0 Å². The van der Waals surface area contributed by atoms with Gasteiger partial charge in [-0.2, -0.15) is 0 Å². The number of hydrogen-bond donors (Lipinski definition) is 4. The summed E-state index contributed by atoms with van der Waals surface area (Å²) in [6, 6.07) is 15.9. The summed E-state index contributed by atoms with van der Waals surface area (Å²) in [5.41, 5.74) is 3.27. The third kappa shape index (κ3) is 9.18. The topological polar surface area (TPSA) is 122 Å². The molecule has 0 spiro atoms. The second-order valence-corrected chi connectivity index (χ2v) is 15.6. The predicted octanol–water partition coefficient (Wildman–Crippen LogP) is 7.17. The molecule has 1 aromatic heterocycles. The van der Waals surface area contributed by atoms with Crippen molar-refractivity contribution in [2.24, 2.45) is 0 Å². The highest BCUT2D eigenvalue weighted by molar-refractivity contribution is 7.17. The molecule has 0 radical (unpaired) electrons. The molecule has 12 heteroatoms. The summed E-state index contributed by atoms with van der Waals surface area (Å²) in [5.74, 6) is -3.53. The number of aliphatic hydroxyl groups is 1. The number of carbonyl (C=O) groups excluding carboxylic acids is 2. The molecule has 2 amide bonds. The van der Waals surface area contributed by atoms with Crippen LogP contribution in [0.25, 0.3) is 0 Å². The van der Waals surface area contributed by atoms with Crippen LogP contribution >= 0.6 is 11.3 Å². The van der Waals surface area contributed by atoms with Crippen LogP contribution in [0.5, 0.6) is 0 Å². The number of carbonyl (C=O) groups is 3. The molecular weight excluding hydrogens is 699 g/mol. The maximum atomic E-state index is 15.2. The molecule has 0 saturated carbocycles. The second-order valence-electron chi connectivity index (χ2n) is 14.5. The lowest BCUT2D eigenvalue weighted by Crippen LogP contribution is -2.58. The van der Waals surface area contributed by atoms with Gasteiger partial charge in [-0.1, -0.05) is 24.3 Å². The number of anilines is 2. The Balaban J connectivity index is 1.15. The molecule has 1 fully saturated rings. The van der Waals surface area contributed by atoms with Crippen molar-refractivity contribution in [3.05, 3.63) is 116 Å². The second kappa shape index (κ2) is 16.7. The van der Waals surface area contributed by atoms with E-state index in [1.54, 1.807) is 18.2 Å². The van der Waals surface area contributed by atoms with E-state index in [0.29, 0.717) is 35.5 Å². The fourth-order valence-electron chi connectivity index (χ4n) is 7.36. The summed E-state index contributed by atoms with van der Waals surface area (Å²) in [6.45, 7) is 8.81. The first kappa shape index (κ1) is 38.2. The average Bonchev–Trinajstić information content (AvgIpc) is 3.49. The number of carboxylic acid groups (broad SMARTS) is 1. The number of rotatable bonds is 13. The molecule has 4 N–H and O–H groups in total. The first-order valence-corrected chi connectivity index (χ1v) is 19.0. The first-order chi connectivity index (χ1) is 25.4. The van der Waals surface area contributed by atoms with Gasteiger partial charge in [-0.25, -0.2) is 13.6 Å². The summed E-state index contributed by atoms with van der Waals surface area (Å²) < 4.78 is 30.5. The van der Waals surface area contributed by atoms with Gasteiger partial charge in [-0.3, -0.25) is 14.5 Å². The van der Waals surface area contributed by atoms with E-state index in [-0.39, 0.29) is 41.3 Å². The molecule has 0 atom stereocenters. The molecular formula is C41H46F2N4O5S. The van der Waals surface area contributed by atoms with Gasteiger partial charge in [0.25, 0.3) is 11.8 Å². The highest BCUT2D eigenvalue weighted by Crippen LogP contribution is 2.39. The van der Waals surface area contributed by atoms with Crippen LogP contribution in [0.1, 0.15) is 91.3 Å². The molecule has 53 heavy (non-hydrogen) atoms. The molecule has 4 aromatic rings. The van der Waals surface area contributed by atoms with Gasteiger partial charge in [0.1, 0.15) is 16.6 Å². The Hall–Kier alpha value is -4.49. The number of aliphatic hydroxyl groups excluding tert-OH is 1. The van der Waals surface area contributed by atoms with Crippen molar-refractivity contribution in [3.8, 4) is 0 Å². The number of nitrogens with zero attached hydrogens (tertiary/aromatic N) is 2. The molecule has 2 heterocycles. The van der Waals surface area contributed by atoms with Crippen LogP contribution in [-0.2, 0) is 32.2 Å². The lowest BCUT2D eigenvalue weighted by molar-refractivity contribution is 0.0118. The van der Waals surface area contributed by atoms with E-state index in [1.807, 2.05) is 18.2 Å². The van der Waals surface area contributed by atoms with Crippen molar-refractivity contribution in [2.45, 2.75) is 70.9 Å². The summed E-state index contributed by atoms with van der Waals surface area (Å²) >= 11 is 1.38. The molecule has 1 saturated heterocycles. The smallest absolute Gasteiger partial charge is 0.335 e. The Morgan fingerprint density at radius 3 is 2.30 bits per heavy atom. The lowest BCUT2D eigenvalue weighted by Gasteiger charge is -2.47. The van der Waals surface area contributed by atoms with Crippen LogP contribution in [0.3, 0.4) is 0 Å². The van der Waals surface area contributed by atoms with E-state index in [4.69, 9.17) is 5.11 Å². The van der Waals surface area contributed by atoms with Gasteiger partial charge in [-0.15, -0.1) is 11.3 Å². The van der Waals surface area contributed by atoms with E-state index >= 15 is 8.78 Å². The van der Waals surface area contributed by atoms with Crippen LogP contribution in [0, 0.1) is 11.6 Å². The van der Waals surface area contributed by atoms with Crippen LogP contribution < -0.4 is 10.6 Å². The summed E-state index contributed by atoms with van der Waals surface area (Å²) in [7, 11) is 0. The minimum Gasteiger partial charge on any atom is -0.478 e. The van der Waals surface area contributed by atoms with E-state index < -0.39 is 23.5 Å². The highest BCUT2D eigenvalue weighted by atomic mass is 32.1. The molecule has 0 unspecified atom stereocenters. The number of carboxylic acids is 1. The van der Waals surface area contributed by atoms with Gasteiger partial charge in [0.15, 0.2) is 0 Å². The van der Waals surface area contributed by atoms with Crippen molar-refractivity contribution in [2.75, 3.05) is 43.4 Å². The van der Waals surface area contributed by atoms with Gasteiger partial charge in [0.05, 0.1) is 11.1 Å². The minimum absolute atomic E-state index is 0.0301. The minimum atomic E-state index is -1.05. The molecule has 0 bridgehead atoms. The number of nitrogens with one attached hydrogen (secondary N) is 2. The first-order valence-electron chi connectivity index (χ1n) is 18.2. The zero-order valence-corrected chi connectivity index (χ0v) is 31.0. The predicted molar refractivity (Wildman–Crippen MR) is 203 cm³/mol. The Kier molecular flexibility index (Phi) is 12.0. The van der Waals surface area contributed by atoms with E-state index in [9.17, 15) is 19.5 Å². The SMILES string of the molecule is CC1(C)CN(CCCO)CCN1Cc1cccc(C(=O)Nc2sc3c(c2C(=O)Nc2cc(F)c(CCc4ccc(C(=O)O)cc4)c(F)c2)CCCC3)c1. The Morgan fingerprint density at radius 2 is 1.60 bits per heavy atom. The number of fused-ring (bicyclic) bond motifs is 1. The maximum Gasteiger partial charge on any atom is 0.335 e. The lowest BCUT2D eigenvalue weighted by atomic mass is 9.95. The number of halogens is 2. The molecule has 2 aliphatic rings. The fourth-order valence-corrected chi connectivity index (χ4v) is 8.64. The normalized spacial score (nSPS) is 15.9. The van der Waals surface area contributed by atoms with Crippen molar-refractivity contribution in [1.82, 2.24) is 9.80 Å². The van der Waals surface area contributed by atoms with Gasteiger partial charge in [-0.05, 0) is 112 Å². The molecule has 1 aliphatic carbocycles. The van der Waals surface area contributed by atoms with E-state index in [2.05, 4.69) is 34.3 Å². The van der Waals surface area contributed by atoms with Gasteiger partial charge >= 0.3 is 5.97 Å². The van der Waals surface area contributed by atoms with Crippen molar-refractivity contribution in [1.29, 1.82) is 0 Å². The molecule has 3 aromatic carbocycles. The number of aromatic carboxylic acids is 1. The maximum absolute atomic E-state index is 15.2. The monoisotopic (exact) mass is 744 g/mol. The number of benzene rings is 3. The summed E-state index contributed by atoms with van der Waals surface area (Å²) in [4.78, 5) is 44.5. The van der Waals surface area contributed by atoms with Gasteiger partial charge < -0.3 is 25.7 Å². The number of aryl methyl sites for hydroxylation is 2. The molecule has 6 rings (SSSR count). The third-order valence-electron chi connectivity index (χ3n) is 10.2. The highest BCUT2D eigenvalue weighted by Gasteiger charge is 2.33. The van der Waals surface area contributed by atoms with Crippen LogP contribution in [-0.4, -0.2) is 76.1 Å². The Morgan fingerprint density at radius 1 is 0.868 bits per heavy atom. The van der Waals surface area contributed by atoms with Crippen molar-refractivity contribution in [3.63, 3.8) is 0 Å². The summed E-state index contributed by atoms with van der Waals surface area (Å²) in [6.07, 6.45) is 4.41. The van der Waals surface area contributed by atoms with Gasteiger partial charge in [0, 0.05) is 66.6 Å². The zero-order chi connectivity index (χ0) is 37.7. The van der Waals surface area contributed by atoms with Gasteiger partial charge in [0.2, 0.25) is 0 Å². The zero-order valence-electron chi connectivity index (χ0n) is 30.1. The number of hydrogen-bond acceptors (Lipinski definition) is 7. The standard InChI is InChI=1S/C41H46F2N4O5S/c1-41(2)25-46(17-6-20-48)18-19-47(41)24-27-7-5-8-29(21-27)37(49)45-39-36(32-9-3-4-10-35(32)53-39)38(50)44-30-22-33(42)31(34(43)23-30)16-13-26-11-14-28(15-12-26)40(51)52/h5,7-8,11-12,14-15,21-23,48H,3-4,6,9-10,13,16-20,24-25H2,1-2H3,(H,44,50)(H,45,49)(H,51,52). The fraction of sp³-hybridized carbons (Fsp3) is 0.390. The number of piperazine rings is 1. The van der Waals surface area contributed by atoms with Crippen molar-refractivity contribution < 1.29 is 33.4 Å². The largest absolute Gasteiger partial charge is 0.478 e. The molecule has 1 aliphatic heterocycles. The van der Waals surface area contributed by atoms with Crippen LogP contribution in [0.15, 0.2) is 60.7 Å². The number of amides is 2. The van der Waals surface area contributed by atoms with E-state index in [0.717, 1.165) is 85.6 Å². The quantitative estimate of drug-likeness (QED) is 0.115. The number of thiophene rings is 1. The van der Waals surface area contributed by atoms with Crippen molar-refractivity contribution >= 4 is 39.8 Å². The molecule has 280 valence electrons. The molecule has 9 nitrogen and oxygen atoms in total. The van der Waals surface area contributed by atoms with Crippen LogP contribution in [0.4, 0.5) is 19.5 Å². The van der Waals surface area contributed by atoms with E-state index in [1.165, 1.54) is 23.5 Å². The average molecular weight is 745 g/mol. The Bertz CT molecular complexity index is 1960. The summed E-state index contributed by atoms with van der Waals surface area (Å²) in [5, 5.41) is 24.4.